The summed E-state index contributed by atoms with van der Waals surface area (Å²) in [5, 5.41) is 3.56. The Hall–Kier alpha value is -0.820. The van der Waals surface area contributed by atoms with Gasteiger partial charge < -0.3 is 5.32 Å². The van der Waals surface area contributed by atoms with Crippen LogP contribution < -0.4 is 5.32 Å². The van der Waals surface area contributed by atoms with Crippen molar-refractivity contribution in [1.82, 2.24) is 5.32 Å². The number of hydrogen-bond acceptors (Lipinski definition) is 1. The smallest absolute Gasteiger partial charge is 0.00412 e. The van der Waals surface area contributed by atoms with E-state index in [-0.39, 0.29) is 0 Å². The monoisotopic (exact) mass is 205 g/mol. The lowest BCUT2D eigenvalue weighted by molar-refractivity contribution is 0.445. The lowest BCUT2D eigenvalue weighted by atomic mass is 10.1. The molecular weight excluding hydrogens is 182 g/mol. The van der Waals surface area contributed by atoms with Crippen LogP contribution in [-0.2, 0) is 6.42 Å². The van der Waals surface area contributed by atoms with E-state index in [1.54, 1.807) is 0 Å². The molecule has 1 aromatic rings. The molecule has 15 heavy (non-hydrogen) atoms. The van der Waals surface area contributed by atoms with Crippen LogP contribution in [0, 0.1) is 5.92 Å². The van der Waals surface area contributed by atoms with E-state index in [4.69, 9.17) is 0 Å². The molecular formula is C14H23N. The zero-order valence-electron chi connectivity index (χ0n) is 10.2. The lowest BCUT2D eigenvalue weighted by Gasteiger charge is -2.15. The van der Waals surface area contributed by atoms with Crippen molar-refractivity contribution < 1.29 is 0 Å². The van der Waals surface area contributed by atoms with Gasteiger partial charge in [-0.3, -0.25) is 0 Å². The van der Waals surface area contributed by atoms with Crippen molar-refractivity contribution >= 4 is 0 Å². The van der Waals surface area contributed by atoms with Gasteiger partial charge in [-0.05, 0) is 37.8 Å². The molecule has 1 N–H and O–H groups in total. The summed E-state index contributed by atoms with van der Waals surface area (Å²) in [6, 6.07) is 11.3. The molecule has 1 unspecified atom stereocenters. The van der Waals surface area contributed by atoms with E-state index in [1.807, 2.05) is 0 Å². The molecule has 1 atom stereocenters. The van der Waals surface area contributed by atoms with Crippen LogP contribution in [0.25, 0.3) is 0 Å². The average molecular weight is 205 g/mol. The highest BCUT2D eigenvalue weighted by molar-refractivity contribution is 5.14. The van der Waals surface area contributed by atoms with Crippen molar-refractivity contribution in [2.24, 2.45) is 5.92 Å². The number of rotatable bonds is 6. The van der Waals surface area contributed by atoms with Crippen molar-refractivity contribution in [2.75, 3.05) is 6.54 Å². The molecule has 0 heterocycles. The first-order valence-electron chi connectivity index (χ1n) is 5.96. The van der Waals surface area contributed by atoms with Gasteiger partial charge in [-0.25, -0.2) is 0 Å². The highest BCUT2D eigenvalue weighted by Crippen LogP contribution is 2.04. The molecule has 0 spiro atoms. The van der Waals surface area contributed by atoms with Crippen LogP contribution in [-0.4, -0.2) is 12.6 Å². The highest BCUT2D eigenvalue weighted by atomic mass is 14.9. The Kier molecular flexibility index (Phi) is 5.41. The molecule has 1 heteroatoms. The van der Waals surface area contributed by atoms with Crippen molar-refractivity contribution in [1.29, 1.82) is 0 Å². The maximum absolute atomic E-state index is 3.56. The standard InChI is InChI=1S/C14H23N/c1-12(2)11-13(3)15-10-9-14-7-5-4-6-8-14/h4-8,12-13,15H,9-11H2,1-3H3. The van der Waals surface area contributed by atoms with E-state index >= 15 is 0 Å². The lowest BCUT2D eigenvalue weighted by Crippen LogP contribution is -2.29. The molecule has 1 nitrogen and oxygen atoms in total. The van der Waals surface area contributed by atoms with E-state index < -0.39 is 0 Å². The van der Waals surface area contributed by atoms with Gasteiger partial charge in [-0.2, -0.15) is 0 Å². The Morgan fingerprint density at radius 2 is 1.73 bits per heavy atom. The van der Waals surface area contributed by atoms with Gasteiger partial charge in [0.15, 0.2) is 0 Å². The largest absolute Gasteiger partial charge is 0.314 e. The topological polar surface area (TPSA) is 12.0 Å². The predicted molar refractivity (Wildman–Crippen MR) is 67.1 cm³/mol. The first-order valence-corrected chi connectivity index (χ1v) is 5.96. The predicted octanol–water partition coefficient (Wildman–Crippen LogP) is 3.25. The third kappa shape index (κ3) is 5.58. The minimum absolute atomic E-state index is 0.633. The van der Waals surface area contributed by atoms with Gasteiger partial charge >= 0.3 is 0 Å². The van der Waals surface area contributed by atoms with E-state index in [2.05, 4.69) is 56.4 Å². The fourth-order valence-electron chi connectivity index (χ4n) is 1.90. The van der Waals surface area contributed by atoms with E-state index in [9.17, 15) is 0 Å². The summed E-state index contributed by atoms with van der Waals surface area (Å²) < 4.78 is 0. The van der Waals surface area contributed by atoms with Gasteiger partial charge in [-0.1, -0.05) is 44.2 Å². The molecule has 0 saturated heterocycles. The Bertz CT molecular complexity index is 253. The molecule has 1 aromatic carbocycles. The maximum Gasteiger partial charge on any atom is 0.00412 e. The Morgan fingerprint density at radius 3 is 2.33 bits per heavy atom. The van der Waals surface area contributed by atoms with Gasteiger partial charge in [0.2, 0.25) is 0 Å². The Labute approximate surface area is 93.9 Å². The molecule has 0 aliphatic rings. The normalized spacial score (nSPS) is 13.1. The molecule has 0 fully saturated rings. The second-order valence-electron chi connectivity index (χ2n) is 4.72. The van der Waals surface area contributed by atoms with Crippen LogP contribution in [0.4, 0.5) is 0 Å². The van der Waals surface area contributed by atoms with Crippen LogP contribution >= 0.6 is 0 Å². The van der Waals surface area contributed by atoms with Crippen LogP contribution in [0.15, 0.2) is 30.3 Å². The maximum atomic E-state index is 3.56. The minimum Gasteiger partial charge on any atom is -0.314 e. The molecule has 0 radical (unpaired) electrons. The zero-order valence-corrected chi connectivity index (χ0v) is 10.2. The van der Waals surface area contributed by atoms with Gasteiger partial charge in [0.05, 0.1) is 0 Å². The van der Waals surface area contributed by atoms with E-state index in [1.165, 1.54) is 12.0 Å². The van der Waals surface area contributed by atoms with Crippen LogP contribution in [0.1, 0.15) is 32.8 Å². The van der Waals surface area contributed by atoms with Gasteiger partial charge in [0, 0.05) is 6.04 Å². The van der Waals surface area contributed by atoms with Crippen molar-refractivity contribution in [3.05, 3.63) is 35.9 Å². The second kappa shape index (κ2) is 6.62. The summed E-state index contributed by atoms with van der Waals surface area (Å²) >= 11 is 0. The first kappa shape index (κ1) is 12.3. The molecule has 0 aliphatic carbocycles. The molecule has 84 valence electrons. The average Bonchev–Trinajstić information content (AvgIpc) is 2.18. The molecule has 0 saturated carbocycles. The van der Waals surface area contributed by atoms with Crippen molar-refractivity contribution in [3.8, 4) is 0 Å². The summed E-state index contributed by atoms with van der Waals surface area (Å²) in [6.45, 7) is 7.90. The second-order valence-corrected chi connectivity index (χ2v) is 4.72. The molecule has 0 aliphatic heterocycles. The Morgan fingerprint density at radius 1 is 1.07 bits per heavy atom. The number of hydrogen-bond donors (Lipinski definition) is 1. The van der Waals surface area contributed by atoms with Crippen LogP contribution in [0.3, 0.4) is 0 Å². The molecule has 0 amide bonds. The van der Waals surface area contributed by atoms with Crippen molar-refractivity contribution in [2.45, 2.75) is 39.7 Å². The number of nitrogens with one attached hydrogen (secondary N) is 1. The Balaban J connectivity index is 2.16. The summed E-state index contributed by atoms with van der Waals surface area (Å²) in [6.07, 6.45) is 2.39. The van der Waals surface area contributed by atoms with Crippen LogP contribution in [0.2, 0.25) is 0 Å². The van der Waals surface area contributed by atoms with Crippen molar-refractivity contribution in [3.63, 3.8) is 0 Å². The first-order chi connectivity index (χ1) is 7.18. The van der Waals surface area contributed by atoms with Gasteiger partial charge in [-0.15, -0.1) is 0 Å². The highest BCUT2D eigenvalue weighted by Gasteiger charge is 2.03. The minimum atomic E-state index is 0.633. The summed E-state index contributed by atoms with van der Waals surface area (Å²) in [5.41, 5.74) is 1.42. The molecule has 1 rings (SSSR count). The van der Waals surface area contributed by atoms with Crippen LogP contribution in [0.5, 0.6) is 0 Å². The summed E-state index contributed by atoms with van der Waals surface area (Å²) in [4.78, 5) is 0. The molecule has 0 aromatic heterocycles. The zero-order chi connectivity index (χ0) is 11.1. The SMILES string of the molecule is CC(C)CC(C)NCCc1ccccc1. The van der Waals surface area contributed by atoms with Gasteiger partial charge in [0.1, 0.15) is 0 Å². The van der Waals surface area contributed by atoms with E-state index in [0.717, 1.165) is 18.9 Å². The van der Waals surface area contributed by atoms with E-state index in [0.29, 0.717) is 6.04 Å². The fraction of sp³-hybridized carbons (Fsp3) is 0.571. The summed E-state index contributed by atoms with van der Waals surface area (Å²) in [5.74, 6) is 0.782. The third-order valence-electron chi connectivity index (χ3n) is 2.57. The molecule has 0 bridgehead atoms. The van der Waals surface area contributed by atoms with Gasteiger partial charge in [0.25, 0.3) is 0 Å². The third-order valence-corrected chi connectivity index (χ3v) is 2.57. The quantitative estimate of drug-likeness (QED) is 0.751. The fourth-order valence-corrected chi connectivity index (χ4v) is 1.90. The number of benzene rings is 1. The summed E-state index contributed by atoms with van der Waals surface area (Å²) in [7, 11) is 0.